The van der Waals surface area contributed by atoms with Gasteiger partial charge >= 0.3 is 6.09 Å². The van der Waals surface area contributed by atoms with E-state index in [1.54, 1.807) is 11.8 Å². The first-order valence-corrected chi connectivity index (χ1v) is 9.18. The molecule has 1 aromatic heterocycles. The van der Waals surface area contributed by atoms with Gasteiger partial charge in [-0.25, -0.2) is 9.78 Å². The van der Waals surface area contributed by atoms with Crippen molar-refractivity contribution in [1.29, 1.82) is 0 Å². The second-order valence-corrected chi connectivity index (χ2v) is 7.50. The fourth-order valence-corrected chi connectivity index (χ4v) is 5.16. The van der Waals surface area contributed by atoms with Gasteiger partial charge in [0.2, 0.25) is 5.91 Å². The van der Waals surface area contributed by atoms with Crippen LogP contribution in [0.3, 0.4) is 0 Å². The molecular weight excluding hydrogens is 320 g/mol. The monoisotopic (exact) mass is 346 g/mol. The molecule has 7 heteroatoms. The first-order valence-electron chi connectivity index (χ1n) is 9.18. The van der Waals surface area contributed by atoms with Crippen LogP contribution in [0.4, 0.5) is 4.79 Å². The lowest BCUT2D eigenvalue weighted by Gasteiger charge is -2.40. The van der Waals surface area contributed by atoms with Crippen molar-refractivity contribution in [3.8, 4) is 0 Å². The van der Waals surface area contributed by atoms with Crippen LogP contribution in [0.5, 0.6) is 0 Å². The summed E-state index contributed by atoms with van der Waals surface area (Å²) in [4.78, 5) is 32.5. The van der Waals surface area contributed by atoms with Gasteiger partial charge in [-0.3, -0.25) is 4.79 Å². The second-order valence-electron chi connectivity index (χ2n) is 7.50. The van der Waals surface area contributed by atoms with Gasteiger partial charge in [0.25, 0.3) is 0 Å². The Kier molecular flexibility index (Phi) is 3.96. The second kappa shape index (κ2) is 6.04. The molecule has 2 amide bonds. The predicted molar refractivity (Wildman–Crippen MR) is 91.1 cm³/mol. The van der Waals surface area contributed by atoms with Crippen LogP contribution in [-0.2, 0) is 22.5 Å². The summed E-state index contributed by atoms with van der Waals surface area (Å²) in [5, 5.41) is 0. The van der Waals surface area contributed by atoms with Crippen LogP contribution in [-0.4, -0.2) is 57.1 Å². The topological polar surface area (TPSA) is 67.7 Å². The molecule has 0 spiro atoms. The largest absolute Gasteiger partial charge is 0.453 e. The van der Waals surface area contributed by atoms with E-state index in [1.807, 2.05) is 0 Å². The number of methoxy groups -OCH3 is 1. The number of aryl methyl sites for hydroxylation is 1. The Bertz CT molecular complexity index is 699. The van der Waals surface area contributed by atoms with E-state index < -0.39 is 0 Å². The molecule has 0 aliphatic carbocycles. The van der Waals surface area contributed by atoms with E-state index in [4.69, 9.17) is 9.72 Å². The van der Waals surface area contributed by atoms with E-state index in [2.05, 4.69) is 16.4 Å². The van der Waals surface area contributed by atoms with Crippen molar-refractivity contribution in [2.75, 3.05) is 13.7 Å². The minimum atomic E-state index is -0.275. The Balaban J connectivity index is 1.62. The van der Waals surface area contributed by atoms with Crippen molar-refractivity contribution in [2.45, 2.75) is 70.6 Å². The zero-order chi connectivity index (χ0) is 17.7. The van der Waals surface area contributed by atoms with Crippen molar-refractivity contribution in [1.82, 2.24) is 19.4 Å². The first-order chi connectivity index (χ1) is 12.0. The van der Waals surface area contributed by atoms with E-state index in [-0.39, 0.29) is 12.0 Å². The smallest absolute Gasteiger partial charge is 0.409 e. The molecule has 4 rings (SSSR count). The molecule has 0 radical (unpaired) electrons. The maximum atomic E-state index is 12.0. The number of rotatable bonds is 1. The number of hydrogen-bond donors (Lipinski definition) is 0. The Hall–Kier alpha value is -2.05. The van der Waals surface area contributed by atoms with Gasteiger partial charge in [0, 0.05) is 38.0 Å². The number of nitrogens with zero attached hydrogens (tertiary/aromatic N) is 4. The Morgan fingerprint density at radius 3 is 2.44 bits per heavy atom. The molecule has 3 aliphatic heterocycles. The molecule has 2 unspecified atom stereocenters. The molecule has 2 saturated heterocycles. The van der Waals surface area contributed by atoms with Crippen molar-refractivity contribution in [2.24, 2.45) is 0 Å². The van der Waals surface area contributed by atoms with Crippen molar-refractivity contribution >= 4 is 12.0 Å². The average molecular weight is 346 g/mol. The summed E-state index contributed by atoms with van der Waals surface area (Å²) in [6.07, 6.45) is 4.67. The molecule has 136 valence electrons. The number of imidazole rings is 1. The van der Waals surface area contributed by atoms with E-state index in [1.165, 1.54) is 7.11 Å². The minimum absolute atomic E-state index is 0.201. The number of carbonyl (C=O) groups is 2. The molecule has 3 aliphatic rings. The number of piperidine rings is 1. The predicted octanol–water partition coefficient (Wildman–Crippen LogP) is 2.03. The van der Waals surface area contributed by atoms with Gasteiger partial charge in [-0.15, -0.1) is 0 Å². The highest BCUT2D eigenvalue weighted by Gasteiger charge is 2.43. The van der Waals surface area contributed by atoms with Gasteiger partial charge in [-0.2, -0.15) is 0 Å². The third kappa shape index (κ3) is 2.60. The molecule has 0 saturated carbocycles. The van der Waals surface area contributed by atoms with Crippen molar-refractivity contribution in [3.05, 3.63) is 17.2 Å². The molecule has 25 heavy (non-hydrogen) atoms. The molecule has 0 N–H and O–H groups in total. The van der Waals surface area contributed by atoms with Gasteiger partial charge in [0.05, 0.1) is 25.0 Å². The van der Waals surface area contributed by atoms with Gasteiger partial charge in [-0.05, 0) is 32.6 Å². The summed E-state index contributed by atoms with van der Waals surface area (Å²) >= 11 is 0. The lowest BCUT2D eigenvalue weighted by Crippen LogP contribution is -2.46. The molecule has 4 heterocycles. The number of carbonyl (C=O) groups excluding carboxylic acids is 2. The summed E-state index contributed by atoms with van der Waals surface area (Å²) in [6.45, 7) is 4.96. The highest BCUT2D eigenvalue weighted by Crippen LogP contribution is 2.42. The lowest BCUT2D eigenvalue weighted by atomic mass is 9.96. The first kappa shape index (κ1) is 16.4. The number of aromatic nitrogens is 2. The molecule has 1 aromatic rings. The van der Waals surface area contributed by atoms with E-state index >= 15 is 0 Å². The summed E-state index contributed by atoms with van der Waals surface area (Å²) in [6, 6.07) is 1.06. The van der Waals surface area contributed by atoms with Gasteiger partial charge in [-0.1, -0.05) is 0 Å². The normalized spacial score (nSPS) is 28.0. The molecule has 0 aromatic carbocycles. The van der Waals surface area contributed by atoms with Crippen LogP contribution >= 0.6 is 0 Å². The SMILES string of the molecule is COC(=O)N1CCc2nc(C)n(C3CC4CCC(C3)N4C(C)=O)c2C1. The Morgan fingerprint density at radius 2 is 1.84 bits per heavy atom. The third-order valence-electron chi connectivity index (χ3n) is 6.10. The highest BCUT2D eigenvalue weighted by atomic mass is 16.5. The van der Waals surface area contributed by atoms with Crippen molar-refractivity contribution in [3.63, 3.8) is 0 Å². The Morgan fingerprint density at radius 1 is 1.16 bits per heavy atom. The zero-order valence-corrected chi connectivity index (χ0v) is 15.2. The quantitative estimate of drug-likeness (QED) is 0.780. The van der Waals surface area contributed by atoms with Crippen LogP contribution in [0.15, 0.2) is 0 Å². The van der Waals surface area contributed by atoms with Crippen LogP contribution in [0.1, 0.15) is 55.9 Å². The van der Waals surface area contributed by atoms with Crippen LogP contribution in [0.25, 0.3) is 0 Å². The van der Waals surface area contributed by atoms with Crippen LogP contribution < -0.4 is 0 Å². The molecule has 2 atom stereocenters. The average Bonchev–Trinajstić information content (AvgIpc) is 3.06. The molecular formula is C18H26N4O3. The third-order valence-corrected chi connectivity index (χ3v) is 6.10. The Labute approximate surface area is 147 Å². The maximum Gasteiger partial charge on any atom is 0.409 e. The number of amides is 2. The van der Waals surface area contributed by atoms with Gasteiger partial charge in [0.15, 0.2) is 0 Å². The summed E-state index contributed by atoms with van der Waals surface area (Å²) in [5.74, 6) is 1.23. The van der Waals surface area contributed by atoms with E-state index in [0.29, 0.717) is 31.2 Å². The highest BCUT2D eigenvalue weighted by molar-refractivity contribution is 5.74. The lowest BCUT2D eigenvalue weighted by molar-refractivity contribution is -0.133. The molecule has 7 nitrogen and oxygen atoms in total. The zero-order valence-electron chi connectivity index (χ0n) is 15.2. The van der Waals surface area contributed by atoms with Gasteiger partial charge in [0.1, 0.15) is 5.82 Å². The van der Waals surface area contributed by atoms with E-state index in [0.717, 1.165) is 49.3 Å². The number of hydrogen-bond acceptors (Lipinski definition) is 4. The standard InChI is InChI=1S/C18H26N4O3/c1-11-19-16-6-7-20(18(24)25-3)10-17(16)21(11)15-8-13-4-5-14(9-15)22(13)12(2)23/h13-15H,4-10H2,1-3H3. The molecule has 2 bridgehead atoms. The maximum absolute atomic E-state index is 12.0. The number of fused-ring (bicyclic) bond motifs is 3. The van der Waals surface area contributed by atoms with E-state index in [9.17, 15) is 9.59 Å². The summed E-state index contributed by atoms with van der Waals surface area (Å²) in [5.41, 5.74) is 2.26. The van der Waals surface area contributed by atoms with Crippen LogP contribution in [0.2, 0.25) is 0 Å². The molecule has 2 fully saturated rings. The number of ether oxygens (including phenoxy) is 1. The van der Waals surface area contributed by atoms with Crippen molar-refractivity contribution < 1.29 is 14.3 Å². The summed E-state index contributed by atoms with van der Waals surface area (Å²) < 4.78 is 7.24. The fraction of sp³-hybridized carbons (Fsp3) is 0.722. The fourth-order valence-electron chi connectivity index (χ4n) is 5.16. The summed E-state index contributed by atoms with van der Waals surface area (Å²) in [7, 11) is 1.43. The van der Waals surface area contributed by atoms with Crippen LogP contribution in [0, 0.1) is 6.92 Å². The minimum Gasteiger partial charge on any atom is -0.453 e. The van der Waals surface area contributed by atoms with Gasteiger partial charge < -0.3 is 19.1 Å².